The van der Waals surface area contributed by atoms with Crippen LogP contribution in [0.1, 0.15) is 5.56 Å². The highest BCUT2D eigenvalue weighted by molar-refractivity contribution is 6.45. The zero-order chi connectivity index (χ0) is 10.3. The molecule has 1 nitrogen and oxygen atoms in total. The van der Waals surface area contributed by atoms with Gasteiger partial charge in [0.1, 0.15) is 0 Å². The number of pyridine rings is 1. The summed E-state index contributed by atoms with van der Waals surface area (Å²) in [6, 6.07) is 3.62. The van der Waals surface area contributed by atoms with Gasteiger partial charge in [-0.05, 0) is 24.6 Å². The maximum absolute atomic E-state index is 6.04. The van der Waals surface area contributed by atoms with Crippen LogP contribution in [0.15, 0.2) is 18.3 Å². The number of hydrogen-bond donors (Lipinski definition) is 0. The molecule has 0 spiro atoms. The second-order valence-corrected chi connectivity index (χ2v) is 4.26. The summed E-state index contributed by atoms with van der Waals surface area (Å²) in [6.07, 6.45) is 1.55. The van der Waals surface area contributed by atoms with E-state index in [1.165, 1.54) is 0 Å². The van der Waals surface area contributed by atoms with Crippen LogP contribution in [0.4, 0.5) is 0 Å². The first kappa shape index (κ1) is 10.0. The van der Waals surface area contributed by atoms with E-state index in [9.17, 15) is 0 Å². The minimum atomic E-state index is 0.445. The molecular formula is C10H6Cl3N. The highest BCUT2D eigenvalue weighted by atomic mass is 35.5. The van der Waals surface area contributed by atoms with Gasteiger partial charge in [-0.3, -0.25) is 4.98 Å². The lowest BCUT2D eigenvalue weighted by atomic mass is 10.1. The number of aryl methyl sites for hydroxylation is 1. The van der Waals surface area contributed by atoms with Crippen LogP contribution in [0.3, 0.4) is 0 Å². The molecular weight excluding hydrogens is 240 g/mol. The van der Waals surface area contributed by atoms with Gasteiger partial charge in [-0.15, -0.1) is 0 Å². The van der Waals surface area contributed by atoms with E-state index in [-0.39, 0.29) is 0 Å². The van der Waals surface area contributed by atoms with Crippen LogP contribution >= 0.6 is 34.8 Å². The summed E-state index contributed by atoms with van der Waals surface area (Å²) >= 11 is 17.8. The molecule has 1 aromatic carbocycles. The van der Waals surface area contributed by atoms with Gasteiger partial charge in [-0.25, -0.2) is 0 Å². The van der Waals surface area contributed by atoms with Crippen molar-refractivity contribution in [3.63, 3.8) is 0 Å². The Labute approximate surface area is 96.6 Å². The molecule has 0 atom stereocenters. The summed E-state index contributed by atoms with van der Waals surface area (Å²) in [5.74, 6) is 0. The number of nitrogens with zero attached hydrogens (tertiary/aromatic N) is 1. The predicted octanol–water partition coefficient (Wildman–Crippen LogP) is 4.50. The number of hydrogen-bond acceptors (Lipinski definition) is 1. The van der Waals surface area contributed by atoms with Gasteiger partial charge in [0.2, 0.25) is 0 Å². The number of fused-ring (bicyclic) bond motifs is 1. The third-order valence-electron chi connectivity index (χ3n) is 2.02. The van der Waals surface area contributed by atoms with E-state index in [2.05, 4.69) is 4.98 Å². The number of benzene rings is 1. The molecule has 0 amide bonds. The molecule has 0 radical (unpaired) electrons. The summed E-state index contributed by atoms with van der Waals surface area (Å²) in [6.45, 7) is 1.94. The summed E-state index contributed by atoms with van der Waals surface area (Å²) in [5.41, 5.74) is 1.83. The minimum absolute atomic E-state index is 0.445. The Morgan fingerprint density at radius 3 is 2.57 bits per heavy atom. The largest absolute Gasteiger partial charge is 0.254 e. The van der Waals surface area contributed by atoms with Crippen LogP contribution in [0.5, 0.6) is 0 Å². The molecule has 72 valence electrons. The van der Waals surface area contributed by atoms with Crippen molar-refractivity contribution in [3.8, 4) is 0 Å². The first-order valence-electron chi connectivity index (χ1n) is 3.99. The van der Waals surface area contributed by atoms with Crippen LogP contribution in [0, 0.1) is 6.92 Å². The van der Waals surface area contributed by atoms with Crippen molar-refractivity contribution in [1.82, 2.24) is 4.98 Å². The van der Waals surface area contributed by atoms with Crippen molar-refractivity contribution in [2.24, 2.45) is 0 Å². The SMILES string of the molecule is Cc1cc(Cl)cc2c(Cl)c(Cl)cnc12. The van der Waals surface area contributed by atoms with Gasteiger partial charge in [0, 0.05) is 16.6 Å². The Balaban J connectivity index is 2.95. The van der Waals surface area contributed by atoms with Crippen LogP contribution in [-0.4, -0.2) is 4.98 Å². The van der Waals surface area contributed by atoms with E-state index in [4.69, 9.17) is 34.8 Å². The zero-order valence-electron chi connectivity index (χ0n) is 7.31. The van der Waals surface area contributed by atoms with Crippen LogP contribution < -0.4 is 0 Å². The molecule has 0 fully saturated rings. The summed E-state index contributed by atoms with van der Waals surface area (Å²) in [5, 5.41) is 2.38. The van der Waals surface area contributed by atoms with E-state index in [0.29, 0.717) is 15.1 Å². The second-order valence-electron chi connectivity index (χ2n) is 3.04. The molecule has 0 aliphatic heterocycles. The third kappa shape index (κ3) is 1.56. The molecule has 0 N–H and O–H groups in total. The second kappa shape index (κ2) is 3.58. The smallest absolute Gasteiger partial charge is 0.0782 e. The maximum Gasteiger partial charge on any atom is 0.0782 e. The van der Waals surface area contributed by atoms with Crippen LogP contribution in [0.25, 0.3) is 10.9 Å². The third-order valence-corrected chi connectivity index (χ3v) is 3.03. The summed E-state index contributed by atoms with van der Waals surface area (Å²) in [4.78, 5) is 4.21. The van der Waals surface area contributed by atoms with Gasteiger partial charge in [-0.1, -0.05) is 34.8 Å². The first-order valence-corrected chi connectivity index (χ1v) is 5.13. The molecule has 0 saturated carbocycles. The molecule has 4 heteroatoms. The average molecular weight is 247 g/mol. The fraction of sp³-hybridized carbons (Fsp3) is 0.100. The Kier molecular flexibility index (Phi) is 2.56. The van der Waals surface area contributed by atoms with Gasteiger partial charge in [-0.2, -0.15) is 0 Å². The Hall–Kier alpha value is -0.500. The van der Waals surface area contributed by atoms with Crippen LogP contribution in [-0.2, 0) is 0 Å². The molecule has 0 bridgehead atoms. The van der Waals surface area contributed by atoms with Crippen molar-refractivity contribution in [3.05, 3.63) is 39.0 Å². The number of halogens is 3. The average Bonchev–Trinajstić information content (AvgIpc) is 2.12. The Morgan fingerprint density at radius 2 is 1.86 bits per heavy atom. The Morgan fingerprint density at radius 1 is 1.14 bits per heavy atom. The molecule has 0 saturated heterocycles. The molecule has 1 heterocycles. The lowest BCUT2D eigenvalue weighted by molar-refractivity contribution is 1.37. The molecule has 1 aromatic heterocycles. The maximum atomic E-state index is 6.04. The fourth-order valence-electron chi connectivity index (χ4n) is 1.38. The number of aromatic nitrogens is 1. The zero-order valence-corrected chi connectivity index (χ0v) is 9.58. The molecule has 0 unspecified atom stereocenters. The molecule has 14 heavy (non-hydrogen) atoms. The van der Waals surface area contributed by atoms with Gasteiger partial charge in [0.05, 0.1) is 15.6 Å². The van der Waals surface area contributed by atoms with Crippen molar-refractivity contribution < 1.29 is 0 Å². The van der Waals surface area contributed by atoms with Crippen molar-refractivity contribution >= 4 is 45.7 Å². The van der Waals surface area contributed by atoms with Gasteiger partial charge in [0.15, 0.2) is 0 Å². The topological polar surface area (TPSA) is 12.9 Å². The lowest BCUT2D eigenvalue weighted by Gasteiger charge is -2.05. The normalized spacial score (nSPS) is 10.9. The summed E-state index contributed by atoms with van der Waals surface area (Å²) in [7, 11) is 0. The standard InChI is InChI=1S/C10H6Cl3N/c1-5-2-6(11)3-7-9(13)8(12)4-14-10(5)7/h2-4H,1H3. The molecule has 0 aliphatic rings. The van der Waals surface area contributed by atoms with Gasteiger partial charge < -0.3 is 0 Å². The van der Waals surface area contributed by atoms with Gasteiger partial charge in [0.25, 0.3) is 0 Å². The van der Waals surface area contributed by atoms with E-state index < -0.39 is 0 Å². The monoisotopic (exact) mass is 245 g/mol. The number of rotatable bonds is 0. The quantitative estimate of drug-likeness (QED) is 0.667. The fourth-order valence-corrected chi connectivity index (χ4v) is 2.00. The van der Waals surface area contributed by atoms with Crippen molar-refractivity contribution in [2.45, 2.75) is 6.92 Å². The highest BCUT2D eigenvalue weighted by Gasteiger charge is 2.07. The minimum Gasteiger partial charge on any atom is -0.254 e. The molecule has 2 aromatic rings. The first-order chi connectivity index (χ1) is 6.59. The highest BCUT2D eigenvalue weighted by Crippen LogP contribution is 2.32. The predicted molar refractivity (Wildman–Crippen MR) is 61.5 cm³/mol. The van der Waals surface area contributed by atoms with Crippen molar-refractivity contribution in [2.75, 3.05) is 0 Å². The van der Waals surface area contributed by atoms with E-state index in [0.717, 1.165) is 16.5 Å². The van der Waals surface area contributed by atoms with E-state index >= 15 is 0 Å². The van der Waals surface area contributed by atoms with Crippen LogP contribution in [0.2, 0.25) is 15.1 Å². The molecule has 0 aliphatic carbocycles. The van der Waals surface area contributed by atoms with E-state index in [1.54, 1.807) is 12.3 Å². The van der Waals surface area contributed by atoms with Crippen molar-refractivity contribution in [1.29, 1.82) is 0 Å². The molecule has 2 rings (SSSR count). The van der Waals surface area contributed by atoms with Gasteiger partial charge >= 0.3 is 0 Å². The Bertz CT molecular complexity index is 508. The summed E-state index contributed by atoms with van der Waals surface area (Å²) < 4.78 is 0. The van der Waals surface area contributed by atoms with E-state index in [1.807, 2.05) is 13.0 Å². The lowest BCUT2D eigenvalue weighted by Crippen LogP contribution is -1.85.